The lowest BCUT2D eigenvalue weighted by Crippen LogP contribution is -2.53. The fourth-order valence-electron chi connectivity index (χ4n) is 12.0. The van der Waals surface area contributed by atoms with Crippen LogP contribution in [-0.4, -0.2) is 73.7 Å². The first-order valence-corrected chi connectivity index (χ1v) is 33.4. The zero-order valence-electron chi connectivity index (χ0n) is 57.7. The first kappa shape index (κ1) is 76.4. The summed E-state index contributed by atoms with van der Waals surface area (Å²) in [7, 11) is 0. The minimum Gasteiger partial charge on any atom is -0.356 e. The molecule has 0 fully saturated rings. The maximum absolute atomic E-state index is 14.4. The number of carbonyl (C=O) groups is 6. The molecule has 0 saturated carbocycles. The molecule has 6 amide bonds. The van der Waals surface area contributed by atoms with Gasteiger partial charge >= 0.3 is 0 Å². The molecule has 3 aliphatic rings. The van der Waals surface area contributed by atoms with Crippen molar-refractivity contribution >= 4 is 35.4 Å². The Labute approximate surface area is 538 Å². The Kier molecular flexibility index (Phi) is 34.4. The molecule has 6 N–H and O–H groups in total. The lowest BCUT2D eigenvalue weighted by Gasteiger charge is -2.33. The number of rotatable bonds is 35. The van der Waals surface area contributed by atoms with Crippen molar-refractivity contribution in [2.45, 2.75) is 238 Å². The first-order valence-electron chi connectivity index (χ1n) is 33.4. The molecule has 0 aromatic rings. The highest BCUT2D eigenvalue weighted by molar-refractivity contribution is 5.95. The second-order valence-corrected chi connectivity index (χ2v) is 27.1. The highest BCUT2D eigenvalue weighted by Gasteiger charge is 2.30. The summed E-state index contributed by atoms with van der Waals surface area (Å²) in [6, 6.07) is -1.90. The van der Waals surface area contributed by atoms with Crippen LogP contribution in [0.2, 0.25) is 0 Å². The summed E-state index contributed by atoms with van der Waals surface area (Å²) in [6.45, 7) is 33.7. The first-order chi connectivity index (χ1) is 42.1. The van der Waals surface area contributed by atoms with E-state index >= 15 is 0 Å². The predicted molar refractivity (Wildman–Crippen MR) is 372 cm³/mol. The van der Waals surface area contributed by atoms with Gasteiger partial charge < -0.3 is 31.9 Å². The van der Waals surface area contributed by atoms with Gasteiger partial charge in [0.15, 0.2) is 0 Å². The Morgan fingerprint density at radius 1 is 0.416 bits per heavy atom. The van der Waals surface area contributed by atoms with Gasteiger partial charge in [-0.15, -0.1) is 0 Å². The molecule has 0 aliphatic heterocycles. The second kappa shape index (κ2) is 40.0. The van der Waals surface area contributed by atoms with Crippen LogP contribution in [0.3, 0.4) is 0 Å². The summed E-state index contributed by atoms with van der Waals surface area (Å²) in [5, 5.41) is 17.7. The van der Waals surface area contributed by atoms with Crippen LogP contribution in [0, 0.1) is 16.2 Å². The lowest BCUT2D eigenvalue weighted by atomic mass is 9.72. The summed E-state index contributed by atoms with van der Waals surface area (Å²) >= 11 is 0. The average molecular weight is 1220 g/mol. The van der Waals surface area contributed by atoms with E-state index in [9.17, 15) is 28.8 Å². The Hall–Kier alpha value is -6.82. The molecule has 12 nitrogen and oxygen atoms in total. The fourth-order valence-corrected chi connectivity index (χ4v) is 12.0. The van der Waals surface area contributed by atoms with E-state index in [1.165, 1.54) is 78.0 Å². The van der Waals surface area contributed by atoms with E-state index in [2.05, 4.69) is 138 Å². The lowest BCUT2D eigenvalue weighted by molar-refractivity contribution is -0.131. The summed E-state index contributed by atoms with van der Waals surface area (Å²) in [4.78, 5) is 79.8. The molecule has 0 radical (unpaired) electrons. The molecule has 0 aromatic carbocycles. The van der Waals surface area contributed by atoms with E-state index in [4.69, 9.17) is 0 Å². The van der Waals surface area contributed by atoms with Crippen molar-refractivity contribution in [3.05, 3.63) is 165 Å². The van der Waals surface area contributed by atoms with Gasteiger partial charge in [0.1, 0.15) is 12.1 Å². The van der Waals surface area contributed by atoms with Crippen molar-refractivity contribution in [2.75, 3.05) is 26.2 Å². The van der Waals surface area contributed by atoms with Gasteiger partial charge in [0, 0.05) is 50.8 Å². The van der Waals surface area contributed by atoms with Crippen LogP contribution >= 0.6 is 0 Å². The second-order valence-electron chi connectivity index (χ2n) is 27.1. The van der Waals surface area contributed by atoms with Gasteiger partial charge in [-0.1, -0.05) is 161 Å². The van der Waals surface area contributed by atoms with Crippen LogP contribution in [0.15, 0.2) is 165 Å². The maximum atomic E-state index is 14.4. The third-order valence-electron chi connectivity index (χ3n) is 17.4. The SMILES string of the molecule is CCC(=O)NCCCCCNC(=O)C(CCCCNC(=O)/C=C(C)/C=C/C=C/C1=C(C)CCCC1(C)C)NC(=O)C(CCCCNC(=O)/C=C(C)/C=C/C=C(C)/C=C/C1=C(C)CCCC1(C)C)NC(=O)/C=C(C)/C=C/C=C(C)/C=C/C1=C(C)CCCC1(C)C. The molecule has 89 heavy (non-hydrogen) atoms. The highest BCUT2D eigenvalue weighted by Crippen LogP contribution is 2.43. The minimum atomic E-state index is -0.985. The molecule has 0 saturated heterocycles. The molecule has 0 heterocycles. The Morgan fingerprint density at radius 3 is 1.24 bits per heavy atom. The Balaban J connectivity index is 1.74. The minimum absolute atomic E-state index is 0.000286. The van der Waals surface area contributed by atoms with E-state index in [-0.39, 0.29) is 46.3 Å². The van der Waals surface area contributed by atoms with Crippen molar-refractivity contribution < 1.29 is 28.8 Å². The van der Waals surface area contributed by atoms with Crippen LogP contribution in [0.1, 0.15) is 226 Å². The van der Waals surface area contributed by atoms with Crippen molar-refractivity contribution in [2.24, 2.45) is 16.2 Å². The number of hydrogen-bond donors (Lipinski definition) is 6. The average Bonchev–Trinajstić information content (AvgIpc) is 1.42. The molecular weight excluding hydrogens is 1100 g/mol. The number of carbonyl (C=O) groups excluding carboxylic acids is 6. The molecule has 0 spiro atoms. The van der Waals surface area contributed by atoms with Crippen molar-refractivity contribution in [3.8, 4) is 0 Å². The molecular formula is C77H116N6O6. The highest BCUT2D eigenvalue weighted by atomic mass is 16.2. The normalized spacial score (nSPS) is 18.7. The molecule has 3 rings (SSSR count). The number of nitrogens with one attached hydrogen (secondary N) is 6. The fraction of sp³-hybridized carbons (Fsp3) is 0.558. The van der Waals surface area contributed by atoms with Gasteiger partial charge in [0.25, 0.3) is 0 Å². The molecule has 0 bridgehead atoms. The van der Waals surface area contributed by atoms with Crippen LogP contribution in [-0.2, 0) is 28.8 Å². The number of unbranched alkanes of at least 4 members (excludes halogenated alkanes) is 4. The predicted octanol–water partition coefficient (Wildman–Crippen LogP) is 16.0. The summed E-state index contributed by atoms with van der Waals surface area (Å²) in [6.07, 6.45) is 49.1. The van der Waals surface area contributed by atoms with Crippen molar-refractivity contribution in [1.29, 1.82) is 0 Å². The standard InChI is InChI=1S/C77H116N6O6/c1-16-69(84)78-49-22-17-23-52-81-73(88)67(40-20-24-50-79-70(85)53-58(4)31-18-19-39-64-61(7)36-28-46-75(64,10)11)83-74(89)68(82-72(87)55-60(6)35-27-33-57(3)43-45-66-63(9)38-30-48-77(66,14)15)41-21-25-51-80-71(86)54-59(5)34-26-32-56(2)42-44-65-62(8)37-29-47-76(65,12)13/h18-19,26-27,31-35,39,42-45,53-55,67-68H,16-17,20-25,28-30,36-38,40-41,46-52H2,1-15H3,(H,78,84)(H,79,85)(H,80,86)(H,81,88)(H,82,87)(H,83,89)/b31-18+,34-26+,35-27+,39-19+,44-42+,45-43+,56-32+,57-33+,58-53+,59-54+,60-55+. The van der Waals surface area contributed by atoms with Gasteiger partial charge in [-0.25, -0.2) is 0 Å². The molecule has 3 aliphatic carbocycles. The quantitative estimate of drug-likeness (QED) is 0.0209. The van der Waals surface area contributed by atoms with E-state index < -0.39 is 23.9 Å². The molecule has 2 atom stereocenters. The van der Waals surface area contributed by atoms with E-state index in [1.54, 1.807) is 12.2 Å². The number of amides is 6. The van der Waals surface area contributed by atoms with E-state index in [0.717, 1.165) is 54.4 Å². The van der Waals surface area contributed by atoms with Crippen LogP contribution in [0.4, 0.5) is 0 Å². The van der Waals surface area contributed by atoms with Gasteiger partial charge in [0.2, 0.25) is 35.4 Å². The van der Waals surface area contributed by atoms with Gasteiger partial charge in [0.05, 0.1) is 0 Å². The van der Waals surface area contributed by atoms with E-state index in [0.29, 0.717) is 76.7 Å². The molecule has 0 aromatic heterocycles. The van der Waals surface area contributed by atoms with Crippen molar-refractivity contribution in [3.63, 3.8) is 0 Å². The van der Waals surface area contributed by atoms with Gasteiger partial charge in [-0.2, -0.15) is 0 Å². The van der Waals surface area contributed by atoms with Crippen LogP contribution in [0.25, 0.3) is 0 Å². The largest absolute Gasteiger partial charge is 0.356 e. The maximum Gasteiger partial charge on any atom is 0.244 e. The molecule has 490 valence electrons. The zero-order valence-corrected chi connectivity index (χ0v) is 57.7. The van der Waals surface area contributed by atoms with E-state index in [1.807, 2.05) is 82.4 Å². The third kappa shape index (κ3) is 30.5. The zero-order chi connectivity index (χ0) is 66.0. The monoisotopic (exact) mass is 1220 g/mol. The summed E-state index contributed by atoms with van der Waals surface area (Å²) in [5.41, 5.74) is 13.5. The molecule has 12 heteroatoms. The summed E-state index contributed by atoms with van der Waals surface area (Å²) < 4.78 is 0. The molecule has 2 unspecified atom stereocenters. The van der Waals surface area contributed by atoms with Crippen LogP contribution in [0.5, 0.6) is 0 Å². The third-order valence-corrected chi connectivity index (χ3v) is 17.4. The van der Waals surface area contributed by atoms with Crippen molar-refractivity contribution in [1.82, 2.24) is 31.9 Å². The summed E-state index contributed by atoms with van der Waals surface area (Å²) in [5.74, 6) is -1.71. The van der Waals surface area contributed by atoms with Crippen LogP contribution < -0.4 is 31.9 Å². The Bertz CT molecular complexity index is 2860. The smallest absolute Gasteiger partial charge is 0.244 e. The van der Waals surface area contributed by atoms with Gasteiger partial charge in [-0.05, 0) is 221 Å². The van der Waals surface area contributed by atoms with Gasteiger partial charge in [-0.3, -0.25) is 28.8 Å². The number of allylic oxidation sites excluding steroid dienone is 25. The topological polar surface area (TPSA) is 175 Å². The number of hydrogen-bond acceptors (Lipinski definition) is 6. The Morgan fingerprint density at radius 2 is 0.798 bits per heavy atom.